The molecule has 0 unspecified atom stereocenters. The van der Waals surface area contributed by atoms with E-state index in [4.69, 9.17) is 15.5 Å². The first-order chi connectivity index (χ1) is 15.1. The van der Waals surface area contributed by atoms with Gasteiger partial charge in [0.05, 0.1) is 23.9 Å². The van der Waals surface area contributed by atoms with Gasteiger partial charge in [-0.2, -0.15) is 0 Å². The van der Waals surface area contributed by atoms with Gasteiger partial charge in [0.1, 0.15) is 15.5 Å². The minimum absolute atomic E-state index is 0.196. The predicted molar refractivity (Wildman–Crippen MR) is 128 cm³/mol. The largest absolute Gasteiger partial charge is 0.497 e. The molecule has 2 aromatic carbocycles. The maximum absolute atomic E-state index is 12.9. The van der Waals surface area contributed by atoms with Crippen molar-refractivity contribution in [2.24, 2.45) is 0 Å². The van der Waals surface area contributed by atoms with Gasteiger partial charge in [-0.05, 0) is 30.4 Å². The van der Waals surface area contributed by atoms with Crippen LogP contribution in [0.2, 0.25) is 0 Å². The number of ether oxygens (including phenoxy) is 1. The second-order valence-electron chi connectivity index (χ2n) is 6.81. The second kappa shape index (κ2) is 9.36. The Morgan fingerprint density at radius 2 is 1.97 bits per heavy atom. The molecule has 158 valence electrons. The fourth-order valence-corrected chi connectivity index (χ4v) is 4.72. The number of nitrogen functional groups attached to an aromatic ring is 1. The van der Waals surface area contributed by atoms with Crippen LogP contribution in [0.15, 0.2) is 59.8 Å². The third-order valence-corrected chi connectivity index (χ3v) is 6.49. The molecule has 31 heavy (non-hydrogen) atoms. The van der Waals surface area contributed by atoms with E-state index in [1.807, 2.05) is 60.9 Å². The molecule has 0 aliphatic heterocycles. The maximum atomic E-state index is 12.9. The van der Waals surface area contributed by atoms with Crippen LogP contribution < -0.4 is 15.8 Å². The van der Waals surface area contributed by atoms with Gasteiger partial charge in [-0.3, -0.25) is 4.79 Å². The van der Waals surface area contributed by atoms with Crippen molar-refractivity contribution in [1.82, 2.24) is 15.3 Å². The summed E-state index contributed by atoms with van der Waals surface area (Å²) in [6.45, 7) is 0.529. The number of nitrogens with two attached hydrogens (primary N) is 1. The van der Waals surface area contributed by atoms with Crippen molar-refractivity contribution in [3.05, 3.63) is 65.0 Å². The lowest BCUT2D eigenvalue weighted by atomic mass is 10.1. The highest BCUT2D eigenvalue weighted by Gasteiger charge is 2.22. The first kappa shape index (κ1) is 21.1. The fourth-order valence-electron chi connectivity index (χ4n) is 3.29. The number of fused-ring (bicyclic) bond motifs is 1. The summed E-state index contributed by atoms with van der Waals surface area (Å²) in [5, 5.41) is 4.30. The second-order valence-corrected chi connectivity index (χ2v) is 8.58. The van der Waals surface area contributed by atoms with Crippen molar-refractivity contribution in [2.45, 2.75) is 11.6 Å². The molecule has 2 aromatic heterocycles. The first-order valence-corrected chi connectivity index (χ1v) is 11.8. The van der Waals surface area contributed by atoms with E-state index in [-0.39, 0.29) is 5.91 Å². The first-order valence-electron chi connectivity index (χ1n) is 9.71. The summed E-state index contributed by atoms with van der Waals surface area (Å²) in [5.74, 6) is 0.529. The SMILES string of the molecule is COc1cccc(-c2nc(SC)nc3sc(C(=O)NCCc4ccccc4)c(N)c23)c1. The molecule has 4 rings (SSSR count). The molecule has 0 spiro atoms. The van der Waals surface area contributed by atoms with Crippen molar-refractivity contribution < 1.29 is 9.53 Å². The Balaban J connectivity index is 1.68. The van der Waals surface area contributed by atoms with Gasteiger partial charge in [0.25, 0.3) is 5.91 Å². The summed E-state index contributed by atoms with van der Waals surface area (Å²) in [4.78, 5) is 23.3. The number of aromatic nitrogens is 2. The minimum atomic E-state index is -0.196. The van der Waals surface area contributed by atoms with Crippen LogP contribution in [0.25, 0.3) is 21.5 Å². The van der Waals surface area contributed by atoms with E-state index < -0.39 is 0 Å². The molecular weight excluding hydrogens is 428 g/mol. The van der Waals surface area contributed by atoms with Crippen molar-refractivity contribution >= 4 is 44.9 Å². The maximum Gasteiger partial charge on any atom is 0.263 e. The number of hydrogen-bond donors (Lipinski definition) is 2. The Bertz CT molecular complexity index is 1230. The van der Waals surface area contributed by atoms with E-state index in [1.165, 1.54) is 28.7 Å². The monoisotopic (exact) mass is 450 g/mol. The Morgan fingerprint density at radius 1 is 1.16 bits per heavy atom. The number of carbonyl (C=O) groups excluding carboxylic acids is 1. The Kier molecular flexibility index (Phi) is 6.39. The highest BCUT2D eigenvalue weighted by Crippen LogP contribution is 2.39. The number of methoxy groups -OCH3 is 1. The number of thioether (sulfide) groups is 1. The van der Waals surface area contributed by atoms with Crippen LogP contribution in [0.3, 0.4) is 0 Å². The van der Waals surface area contributed by atoms with Gasteiger partial charge < -0.3 is 15.8 Å². The highest BCUT2D eigenvalue weighted by molar-refractivity contribution is 7.98. The molecule has 0 bridgehead atoms. The van der Waals surface area contributed by atoms with Crippen molar-refractivity contribution in [3.63, 3.8) is 0 Å². The molecule has 1 amide bonds. The zero-order valence-electron chi connectivity index (χ0n) is 17.2. The molecule has 0 aliphatic rings. The van der Waals surface area contributed by atoms with Crippen molar-refractivity contribution in [1.29, 1.82) is 0 Å². The molecule has 0 radical (unpaired) electrons. The van der Waals surface area contributed by atoms with E-state index in [9.17, 15) is 4.79 Å². The summed E-state index contributed by atoms with van der Waals surface area (Å²) in [7, 11) is 1.62. The molecule has 3 N–H and O–H groups in total. The number of anilines is 1. The summed E-state index contributed by atoms with van der Waals surface area (Å²) in [6.07, 6.45) is 2.67. The minimum Gasteiger partial charge on any atom is -0.497 e. The Hall–Kier alpha value is -3.10. The van der Waals surface area contributed by atoms with E-state index in [0.29, 0.717) is 38.2 Å². The molecule has 0 fully saturated rings. The molecular formula is C23H22N4O2S2. The number of rotatable bonds is 7. The molecule has 8 heteroatoms. The number of amides is 1. The van der Waals surface area contributed by atoms with Crippen LogP contribution in [0.1, 0.15) is 15.2 Å². The number of hydrogen-bond acceptors (Lipinski definition) is 7. The highest BCUT2D eigenvalue weighted by atomic mass is 32.2. The van der Waals surface area contributed by atoms with Gasteiger partial charge >= 0.3 is 0 Å². The third kappa shape index (κ3) is 4.50. The number of nitrogens with one attached hydrogen (secondary N) is 1. The average Bonchev–Trinajstić information content (AvgIpc) is 3.15. The summed E-state index contributed by atoms with van der Waals surface area (Å²) < 4.78 is 5.36. The third-order valence-electron chi connectivity index (χ3n) is 4.84. The zero-order valence-corrected chi connectivity index (χ0v) is 18.8. The van der Waals surface area contributed by atoms with Crippen LogP contribution in [0, 0.1) is 0 Å². The standard InChI is InChI=1S/C23H22N4O2S2/c1-29-16-10-6-9-15(13-16)19-17-18(24)20(31-22(17)27-23(26-19)30-2)21(28)25-12-11-14-7-4-3-5-8-14/h3-10,13H,11-12,24H2,1-2H3,(H,25,28). The van der Waals surface area contributed by atoms with Gasteiger partial charge in [-0.15, -0.1) is 11.3 Å². The lowest BCUT2D eigenvalue weighted by Gasteiger charge is -2.08. The Labute approximate surface area is 188 Å². The average molecular weight is 451 g/mol. The summed E-state index contributed by atoms with van der Waals surface area (Å²) >= 11 is 2.74. The van der Waals surface area contributed by atoms with Gasteiger partial charge in [0, 0.05) is 12.1 Å². The lowest BCUT2D eigenvalue weighted by Crippen LogP contribution is -2.25. The van der Waals surface area contributed by atoms with Crippen molar-refractivity contribution in [2.75, 3.05) is 25.6 Å². The van der Waals surface area contributed by atoms with E-state index in [0.717, 1.165) is 17.7 Å². The molecule has 0 atom stereocenters. The van der Waals surface area contributed by atoms with E-state index in [2.05, 4.69) is 10.3 Å². The molecule has 0 saturated heterocycles. The molecule has 4 aromatic rings. The van der Waals surface area contributed by atoms with Crippen LogP contribution >= 0.6 is 23.1 Å². The van der Waals surface area contributed by atoms with Gasteiger partial charge in [0.15, 0.2) is 5.16 Å². The van der Waals surface area contributed by atoms with Crippen molar-refractivity contribution in [3.8, 4) is 17.0 Å². The van der Waals surface area contributed by atoms with Gasteiger partial charge in [-0.25, -0.2) is 9.97 Å². The number of carbonyl (C=O) groups is 1. The smallest absolute Gasteiger partial charge is 0.263 e. The van der Waals surface area contributed by atoms with Crippen LogP contribution in [0.4, 0.5) is 5.69 Å². The lowest BCUT2D eigenvalue weighted by molar-refractivity contribution is 0.0959. The predicted octanol–water partition coefficient (Wildman–Crippen LogP) is 4.64. The van der Waals surface area contributed by atoms with Crippen LogP contribution in [-0.4, -0.2) is 35.8 Å². The molecule has 0 aliphatic carbocycles. The fraction of sp³-hybridized carbons (Fsp3) is 0.174. The molecule has 2 heterocycles. The molecule has 6 nitrogen and oxygen atoms in total. The Morgan fingerprint density at radius 3 is 2.71 bits per heavy atom. The molecule has 0 saturated carbocycles. The number of nitrogens with zero attached hydrogens (tertiary/aromatic N) is 2. The summed E-state index contributed by atoms with van der Waals surface area (Å²) in [5.41, 5.74) is 9.59. The quantitative estimate of drug-likeness (QED) is 0.315. The normalized spacial score (nSPS) is 10.9. The van der Waals surface area contributed by atoms with Crippen LogP contribution in [0.5, 0.6) is 5.75 Å². The topological polar surface area (TPSA) is 90.1 Å². The van der Waals surface area contributed by atoms with Gasteiger partial charge in [0.2, 0.25) is 0 Å². The van der Waals surface area contributed by atoms with E-state index >= 15 is 0 Å². The van der Waals surface area contributed by atoms with E-state index in [1.54, 1.807) is 7.11 Å². The zero-order chi connectivity index (χ0) is 21.8. The number of thiophene rings is 1. The summed E-state index contributed by atoms with van der Waals surface area (Å²) in [6, 6.07) is 17.7. The van der Waals surface area contributed by atoms with Gasteiger partial charge in [-0.1, -0.05) is 54.2 Å². The number of benzene rings is 2. The van der Waals surface area contributed by atoms with Crippen LogP contribution in [-0.2, 0) is 6.42 Å².